The molecule has 6 nitrogen and oxygen atoms in total. The number of nitrogens with zero attached hydrogens (tertiary/aromatic N) is 2. The zero-order valence-corrected chi connectivity index (χ0v) is 10.3. The summed E-state index contributed by atoms with van der Waals surface area (Å²) >= 11 is 0. The number of aromatic nitrogens is 1. The number of carbonyl (C=O) groups is 2. The lowest BCUT2D eigenvalue weighted by Gasteiger charge is -2.33. The van der Waals surface area contributed by atoms with Crippen molar-refractivity contribution in [3.05, 3.63) is 23.4 Å². The Balaban J connectivity index is 2.31. The van der Waals surface area contributed by atoms with Gasteiger partial charge in [-0.2, -0.15) is 0 Å². The van der Waals surface area contributed by atoms with Crippen LogP contribution in [0.1, 0.15) is 23.0 Å². The molecule has 1 saturated heterocycles. The minimum absolute atomic E-state index is 0.0389. The van der Waals surface area contributed by atoms with Gasteiger partial charge < -0.3 is 15.3 Å². The molecule has 0 radical (unpaired) electrons. The molecule has 1 amide bonds. The van der Waals surface area contributed by atoms with Crippen molar-refractivity contribution in [2.45, 2.75) is 19.9 Å². The predicted octanol–water partition coefficient (Wildman–Crippen LogP) is 0.413. The summed E-state index contributed by atoms with van der Waals surface area (Å²) in [6.45, 7) is 4.70. The number of nitrogens with one attached hydrogen (secondary N) is 1. The number of aromatic carboxylic acids is 1. The van der Waals surface area contributed by atoms with Crippen molar-refractivity contribution in [1.82, 2.24) is 10.3 Å². The summed E-state index contributed by atoms with van der Waals surface area (Å²) in [5, 5.41) is 11.7. The maximum Gasteiger partial charge on any atom is 0.337 e. The minimum Gasteiger partial charge on any atom is -0.478 e. The number of anilines is 1. The van der Waals surface area contributed by atoms with E-state index in [1.165, 1.54) is 6.07 Å². The normalized spacial score (nSPS) is 19.6. The van der Waals surface area contributed by atoms with Crippen molar-refractivity contribution >= 4 is 17.7 Å². The number of rotatable bonds is 2. The number of aryl methyl sites for hydroxylation is 1. The molecule has 1 fully saturated rings. The standard InChI is InChI=1S/C12H15N3O3/c1-7-9(12(17)18)3-4-10(14-7)15-6-5-13-11(16)8(15)2/h3-4,8H,5-6H2,1-2H3,(H,13,16)(H,17,18). The van der Waals surface area contributed by atoms with Gasteiger partial charge in [0, 0.05) is 13.1 Å². The maximum absolute atomic E-state index is 11.6. The number of piperazine rings is 1. The van der Waals surface area contributed by atoms with E-state index in [2.05, 4.69) is 10.3 Å². The van der Waals surface area contributed by atoms with Crippen LogP contribution in [0.15, 0.2) is 12.1 Å². The third-order valence-electron chi connectivity index (χ3n) is 3.09. The minimum atomic E-state index is -0.990. The number of carboxylic acids is 1. The van der Waals surface area contributed by atoms with Gasteiger partial charge in [0.05, 0.1) is 11.3 Å². The number of hydrogen-bond acceptors (Lipinski definition) is 4. The van der Waals surface area contributed by atoms with E-state index in [0.717, 1.165) is 0 Å². The van der Waals surface area contributed by atoms with Crippen molar-refractivity contribution in [3.8, 4) is 0 Å². The topological polar surface area (TPSA) is 82.5 Å². The van der Waals surface area contributed by atoms with Gasteiger partial charge in [0.2, 0.25) is 5.91 Å². The Morgan fingerprint density at radius 1 is 1.56 bits per heavy atom. The van der Waals surface area contributed by atoms with Gasteiger partial charge in [0.25, 0.3) is 0 Å². The van der Waals surface area contributed by atoms with Crippen LogP contribution in [0.5, 0.6) is 0 Å². The SMILES string of the molecule is Cc1nc(N2CCNC(=O)C2C)ccc1C(=O)O. The first-order chi connectivity index (χ1) is 8.50. The molecule has 18 heavy (non-hydrogen) atoms. The molecule has 2 N–H and O–H groups in total. The Bertz CT molecular complexity index is 501. The molecule has 1 atom stereocenters. The highest BCUT2D eigenvalue weighted by atomic mass is 16.4. The smallest absolute Gasteiger partial charge is 0.337 e. The molecule has 1 unspecified atom stereocenters. The highest BCUT2D eigenvalue weighted by molar-refractivity contribution is 5.89. The van der Waals surface area contributed by atoms with E-state index in [1.807, 2.05) is 4.90 Å². The molecule has 2 rings (SSSR count). The molecule has 0 spiro atoms. The maximum atomic E-state index is 11.6. The van der Waals surface area contributed by atoms with Crippen molar-refractivity contribution in [2.24, 2.45) is 0 Å². The molecule has 0 aromatic carbocycles. The van der Waals surface area contributed by atoms with E-state index < -0.39 is 5.97 Å². The Hall–Kier alpha value is -2.11. The summed E-state index contributed by atoms with van der Waals surface area (Å²) in [4.78, 5) is 28.6. The third kappa shape index (κ3) is 2.13. The van der Waals surface area contributed by atoms with Gasteiger partial charge in [0.1, 0.15) is 11.9 Å². The average molecular weight is 249 g/mol. The molecule has 1 aromatic heterocycles. The first-order valence-corrected chi connectivity index (χ1v) is 5.76. The molecular weight excluding hydrogens is 234 g/mol. The lowest BCUT2D eigenvalue weighted by Crippen LogP contribution is -2.54. The molecule has 2 heterocycles. The van der Waals surface area contributed by atoms with Crippen molar-refractivity contribution in [1.29, 1.82) is 0 Å². The summed E-state index contributed by atoms with van der Waals surface area (Å²) in [7, 11) is 0. The molecule has 0 saturated carbocycles. The number of hydrogen-bond donors (Lipinski definition) is 2. The summed E-state index contributed by atoms with van der Waals surface area (Å²) in [5.41, 5.74) is 0.644. The van der Waals surface area contributed by atoms with Crippen LogP contribution in [0.25, 0.3) is 0 Å². The third-order valence-corrected chi connectivity index (χ3v) is 3.09. The fourth-order valence-electron chi connectivity index (χ4n) is 2.03. The highest BCUT2D eigenvalue weighted by Crippen LogP contribution is 2.18. The molecule has 1 aliphatic rings. The molecule has 6 heteroatoms. The van der Waals surface area contributed by atoms with E-state index in [0.29, 0.717) is 24.6 Å². The first-order valence-electron chi connectivity index (χ1n) is 5.76. The van der Waals surface area contributed by atoms with Crippen LogP contribution in [-0.2, 0) is 4.79 Å². The average Bonchev–Trinajstić information content (AvgIpc) is 2.32. The van der Waals surface area contributed by atoms with Gasteiger partial charge in [-0.3, -0.25) is 4.79 Å². The quantitative estimate of drug-likeness (QED) is 0.793. The second kappa shape index (κ2) is 4.64. The van der Waals surface area contributed by atoms with E-state index in [4.69, 9.17) is 5.11 Å². The van der Waals surface area contributed by atoms with Crippen molar-refractivity contribution in [2.75, 3.05) is 18.0 Å². The van der Waals surface area contributed by atoms with E-state index >= 15 is 0 Å². The molecule has 0 bridgehead atoms. The number of carbonyl (C=O) groups excluding carboxylic acids is 1. The number of amides is 1. The first kappa shape index (κ1) is 12.3. The fourth-order valence-corrected chi connectivity index (χ4v) is 2.03. The lowest BCUT2D eigenvalue weighted by atomic mass is 10.1. The second-order valence-corrected chi connectivity index (χ2v) is 4.27. The second-order valence-electron chi connectivity index (χ2n) is 4.27. The molecule has 96 valence electrons. The van der Waals surface area contributed by atoms with Gasteiger partial charge >= 0.3 is 5.97 Å². The van der Waals surface area contributed by atoms with Gasteiger partial charge in [-0.25, -0.2) is 9.78 Å². The summed E-state index contributed by atoms with van der Waals surface area (Å²) in [6.07, 6.45) is 0. The summed E-state index contributed by atoms with van der Waals surface area (Å²) < 4.78 is 0. The van der Waals surface area contributed by atoms with Crippen LogP contribution in [-0.4, -0.2) is 41.1 Å². The van der Waals surface area contributed by atoms with Gasteiger partial charge in [-0.15, -0.1) is 0 Å². The van der Waals surface area contributed by atoms with Crippen LogP contribution in [0, 0.1) is 6.92 Å². The Morgan fingerprint density at radius 3 is 2.89 bits per heavy atom. The highest BCUT2D eigenvalue weighted by Gasteiger charge is 2.26. The Labute approximate surface area is 105 Å². The van der Waals surface area contributed by atoms with Crippen molar-refractivity contribution < 1.29 is 14.7 Å². The van der Waals surface area contributed by atoms with E-state index in [-0.39, 0.29) is 17.5 Å². The van der Waals surface area contributed by atoms with Gasteiger partial charge in [0.15, 0.2) is 0 Å². The van der Waals surface area contributed by atoms with Crippen molar-refractivity contribution in [3.63, 3.8) is 0 Å². The van der Waals surface area contributed by atoms with Crippen LogP contribution in [0.2, 0.25) is 0 Å². The molecule has 0 aliphatic carbocycles. The van der Waals surface area contributed by atoms with Gasteiger partial charge in [-0.05, 0) is 26.0 Å². The van der Waals surface area contributed by atoms with Gasteiger partial charge in [-0.1, -0.05) is 0 Å². The van der Waals surface area contributed by atoms with E-state index in [9.17, 15) is 9.59 Å². The lowest BCUT2D eigenvalue weighted by molar-refractivity contribution is -0.122. The van der Waals surface area contributed by atoms with Crippen LogP contribution < -0.4 is 10.2 Å². The largest absolute Gasteiger partial charge is 0.478 e. The Kier molecular flexibility index (Phi) is 3.18. The zero-order chi connectivity index (χ0) is 13.3. The molecular formula is C12H15N3O3. The van der Waals surface area contributed by atoms with E-state index in [1.54, 1.807) is 19.9 Å². The van der Waals surface area contributed by atoms with Crippen LogP contribution in [0.3, 0.4) is 0 Å². The predicted molar refractivity (Wildman–Crippen MR) is 65.8 cm³/mol. The fraction of sp³-hybridized carbons (Fsp3) is 0.417. The molecule has 1 aromatic rings. The summed E-state index contributed by atoms with van der Waals surface area (Å²) in [5.74, 6) is -0.390. The van der Waals surface area contributed by atoms with Crippen LogP contribution >= 0.6 is 0 Å². The van der Waals surface area contributed by atoms with Crippen LogP contribution in [0.4, 0.5) is 5.82 Å². The number of pyridine rings is 1. The summed E-state index contributed by atoms with van der Waals surface area (Å²) in [6, 6.07) is 2.88. The molecule has 1 aliphatic heterocycles. The Morgan fingerprint density at radius 2 is 2.28 bits per heavy atom. The zero-order valence-electron chi connectivity index (χ0n) is 10.3. The monoisotopic (exact) mass is 249 g/mol. The number of carboxylic acid groups (broad SMARTS) is 1.